The van der Waals surface area contributed by atoms with E-state index in [9.17, 15) is 0 Å². The van der Waals surface area contributed by atoms with Gasteiger partial charge in [0, 0.05) is 0 Å². The van der Waals surface area contributed by atoms with Gasteiger partial charge in [-0.05, 0) is 58.2 Å². The van der Waals surface area contributed by atoms with Gasteiger partial charge in [-0.25, -0.2) is 0 Å². The van der Waals surface area contributed by atoms with Crippen LogP contribution >= 0.6 is 0 Å². The molecule has 3 aromatic carbocycles. The van der Waals surface area contributed by atoms with Gasteiger partial charge in [-0.1, -0.05) is 87.5 Å². The molecule has 3 aromatic rings. The van der Waals surface area contributed by atoms with Gasteiger partial charge < -0.3 is 0 Å². The van der Waals surface area contributed by atoms with E-state index in [-0.39, 0.29) is 0 Å². The van der Waals surface area contributed by atoms with Crippen molar-refractivity contribution in [2.45, 2.75) is 40.0 Å². The number of rotatable bonds is 5. The predicted molar refractivity (Wildman–Crippen MR) is 105 cm³/mol. The van der Waals surface area contributed by atoms with Crippen molar-refractivity contribution < 1.29 is 0 Å². The molecule has 0 bridgehead atoms. The zero-order valence-corrected chi connectivity index (χ0v) is 15.0. The molecule has 0 aromatic heterocycles. The second kappa shape index (κ2) is 7.49. The molecule has 122 valence electrons. The van der Waals surface area contributed by atoms with E-state index in [1.165, 1.54) is 33.4 Å². The molecule has 0 saturated heterocycles. The maximum atomic E-state index is 2.43. The Balaban J connectivity index is 2.39. The van der Waals surface area contributed by atoms with Gasteiger partial charge in [0.25, 0.3) is 0 Å². The first-order valence-electron chi connectivity index (χ1n) is 9.08. The van der Waals surface area contributed by atoms with Gasteiger partial charge in [0.15, 0.2) is 0 Å². The summed E-state index contributed by atoms with van der Waals surface area (Å²) in [4.78, 5) is 0. The first-order chi connectivity index (χ1) is 11.8. The van der Waals surface area contributed by atoms with E-state index in [0.29, 0.717) is 0 Å². The normalized spacial score (nSPS) is 10.8. The molecule has 0 spiro atoms. The SMILES string of the molecule is CCc1cc(-c2ccccc2)c(-c2ccccc2)c(CC)c1CC. The van der Waals surface area contributed by atoms with Crippen LogP contribution in [0.25, 0.3) is 22.3 Å². The summed E-state index contributed by atoms with van der Waals surface area (Å²) in [7, 11) is 0. The van der Waals surface area contributed by atoms with Crippen molar-refractivity contribution in [2.24, 2.45) is 0 Å². The number of hydrogen-bond donors (Lipinski definition) is 0. The van der Waals surface area contributed by atoms with E-state index in [2.05, 4.69) is 87.5 Å². The lowest BCUT2D eigenvalue weighted by Crippen LogP contribution is -2.03. The summed E-state index contributed by atoms with van der Waals surface area (Å²) in [5.41, 5.74) is 9.97. The van der Waals surface area contributed by atoms with Crippen molar-refractivity contribution in [1.82, 2.24) is 0 Å². The average Bonchev–Trinajstić information content (AvgIpc) is 2.67. The Hall–Kier alpha value is -2.34. The van der Waals surface area contributed by atoms with Crippen LogP contribution < -0.4 is 0 Å². The summed E-state index contributed by atoms with van der Waals surface area (Å²) < 4.78 is 0. The molecule has 24 heavy (non-hydrogen) atoms. The fourth-order valence-electron chi connectivity index (χ4n) is 3.77. The Bertz CT molecular complexity index is 798. The average molecular weight is 314 g/mol. The van der Waals surface area contributed by atoms with Gasteiger partial charge in [-0.2, -0.15) is 0 Å². The maximum Gasteiger partial charge on any atom is -0.00705 e. The lowest BCUT2D eigenvalue weighted by atomic mass is 9.83. The van der Waals surface area contributed by atoms with E-state index in [4.69, 9.17) is 0 Å². The van der Waals surface area contributed by atoms with Crippen LogP contribution in [-0.4, -0.2) is 0 Å². The van der Waals surface area contributed by atoms with Crippen LogP contribution in [0, 0.1) is 0 Å². The van der Waals surface area contributed by atoms with Crippen molar-refractivity contribution >= 4 is 0 Å². The minimum Gasteiger partial charge on any atom is -0.0622 e. The summed E-state index contributed by atoms with van der Waals surface area (Å²) in [5, 5.41) is 0. The molecule has 0 N–H and O–H groups in total. The highest BCUT2D eigenvalue weighted by Crippen LogP contribution is 2.39. The largest absolute Gasteiger partial charge is 0.0622 e. The van der Waals surface area contributed by atoms with Crippen LogP contribution in [0.3, 0.4) is 0 Å². The summed E-state index contributed by atoms with van der Waals surface area (Å²) in [6.07, 6.45) is 3.26. The Morgan fingerprint density at radius 2 is 1.12 bits per heavy atom. The number of benzene rings is 3. The number of hydrogen-bond acceptors (Lipinski definition) is 0. The quantitative estimate of drug-likeness (QED) is 0.491. The third kappa shape index (κ3) is 3.01. The van der Waals surface area contributed by atoms with Gasteiger partial charge in [-0.3, -0.25) is 0 Å². The van der Waals surface area contributed by atoms with Crippen LogP contribution in [0.15, 0.2) is 66.7 Å². The molecule has 0 heterocycles. The second-order valence-electron chi connectivity index (χ2n) is 6.21. The third-order valence-corrected chi connectivity index (χ3v) is 4.88. The summed E-state index contributed by atoms with van der Waals surface area (Å²) in [6.45, 7) is 6.84. The second-order valence-corrected chi connectivity index (χ2v) is 6.21. The van der Waals surface area contributed by atoms with Crippen molar-refractivity contribution in [2.75, 3.05) is 0 Å². The van der Waals surface area contributed by atoms with Crippen LogP contribution in [0.1, 0.15) is 37.5 Å². The molecule has 0 aliphatic carbocycles. The van der Waals surface area contributed by atoms with E-state index < -0.39 is 0 Å². The first-order valence-corrected chi connectivity index (χ1v) is 9.08. The van der Waals surface area contributed by atoms with E-state index in [0.717, 1.165) is 19.3 Å². The Morgan fingerprint density at radius 3 is 1.62 bits per heavy atom. The van der Waals surface area contributed by atoms with Gasteiger partial charge in [-0.15, -0.1) is 0 Å². The highest BCUT2D eigenvalue weighted by atomic mass is 14.2. The van der Waals surface area contributed by atoms with Crippen LogP contribution in [0.4, 0.5) is 0 Å². The van der Waals surface area contributed by atoms with E-state index >= 15 is 0 Å². The van der Waals surface area contributed by atoms with E-state index in [1.54, 1.807) is 5.56 Å². The molecule has 0 radical (unpaired) electrons. The van der Waals surface area contributed by atoms with Crippen LogP contribution in [0.2, 0.25) is 0 Å². The topological polar surface area (TPSA) is 0 Å². The Morgan fingerprint density at radius 1 is 0.583 bits per heavy atom. The number of aryl methyl sites for hydroxylation is 1. The Labute approximate surface area is 146 Å². The molecule has 0 atom stereocenters. The fraction of sp³-hybridized carbons (Fsp3) is 0.250. The van der Waals surface area contributed by atoms with Gasteiger partial charge in [0.1, 0.15) is 0 Å². The van der Waals surface area contributed by atoms with Gasteiger partial charge >= 0.3 is 0 Å². The third-order valence-electron chi connectivity index (χ3n) is 4.88. The molecule has 0 heteroatoms. The molecular formula is C24H26. The molecule has 0 saturated carbocycles. The lowest BCUT2D eigenvalue weighted by molar-refractivity contribution is 0.984. The molecular weight excluding hydrogens is 288 g/mol. The Kier molecular flexibility index (Phi) is 5.15. The monoisotopic (exact) mass is 314 g/mol. The molecule has 0 aliphatic heterocycles. The standard InChI is InChI=1S/C24H26/c1-4-18-17-23(19-13-9-7-10-14-19)24(20-15-11-8-12-16-20)22(6-3)21(18)5-2/h7-17H,4-6H2,1-3H3. The minimum absolute atomic E-state index is 1.07. The zero-order chi connectivity index (χ0) is 16.9. The molecule has 3 rings (SSSR count). The summed E-state index contributed by atoms with van der Waals surface area (Å²) in [6, 6.07) is 24.1. The lowest BCUT2D eigenvalue weighted by Gasteiger charge is -2.22. The zero-order valence-electron chi connectivity index (χ0n) is 15.0. The minimum atomic E-state index is 1.07. The van der Waals surface area contributed by atoms with Crippen molar-refractivity contribution in [1.29, 1.82) is 0 Å². The highest BCUT2D eigenvalue weighted by Gasteiger charge is 2.17. The van der Waals surface area contributed by atoms with Gasteiger partial charge in [0.05, 0.1) is 0 Å². The summed E-state index contributed by atoms with van der Waals surface area (Å²) >= 11 is 0. The first kappa shape index (κ1) is 16.5. The van der Waals surface area contributed by atoms with Crippen LogP contribution in [0.5, 0.6) is 0 Å². The van der Waals surface area contributed by atoms with Crippen LogP contribution in [-0.2, 0) is 19.3 Å². The molecule has 0 unspecified atom stereocenters. The molecule has 0 fully saturated rings. The molecule has 0 amide bonds. The van der Waals surface area contributed by atoms with Crippen molar-refractivity contribution in [3.8, 4) is 22.3 Å². The van der Waals surface area contributed by atoms with Gasteiger partial charge in [0.2, 0.25) is 0 Å². The highest BCUT2D eigenvalue weighted by molar-refractivity contribution is 5.87. The van der Waals surface area contributed by atoms with E-state index in [1.807, 2.05) is 0 Å². The van der Waals surface area contributed by atoms with Crippen molar-refractivity contribution in [3.05, 3.63) is 83.4 Å². The maximum absolute atomic E-state index is 2.43. The fourth-order valence-corrected chi connectivity index (χ4v) is 3.77. The smallest absolute Gasteiger partial charge is 0.00705 e. The predicted octanol–water partition coefficient (Wildman–Crippen LogP) is 6.71. The van der Waals surface area contributed by atoms with Crippen molar-refractivity contribution in [3.63, 3.8) is 0 Å². The molecule has 0 aliphatic rings. The molecule has 0 nitrogen and oxygen atoms in total. The summed E-state index contributed by atoms with van der Waals surface area (Å²) in [5.74, 6) is 0.